The van der Waals surface area contributed by atoms with Crippen LogP contribution in [0.25, 0.3) is 0 Å². The average molecular weight is 140 g/mol. The van der Waals surface area contributed by atoms with Crippen molar-refractivity contribution in [3.63, 3.8) is 0 Å². The maximum atomic E-state index is 5.42. The van der Waals surface area contributed by atoms with Crippen molar-refractivity contribution in [1.82, 2.24) is 0 Å². The summed E-state index contributed by atoms with van der Waals surface area (Å²) in [6, 6.07) is 0. The minimum absolute atomic E-state index is 0.176. The molecule has 1 saturated carbocycles. The zero-order valence-electron chi connectivity index (χ0n) is 5.92. The van der Waals surface area contributed by atoms with E-state index in [0.717, 1.165) is 12.3 Å². The van der Waals surface area contributed by atoms with E-state index in [4.69, 9.17) is 10.6 Å². The van der Waals surface area contributed by atoms with Crippen molar-refractivity contribution in [3.05, 3.63) is 0 Å². The lowest BCUT2D eigenvalue weighted by molar-refractivity contribution is 0.0918. The van der Waals surface area contributed by atoms with Crippen LogP contribution in [0.1, 0.15) is 19.3 Å². The van der Waals surface area contributed by atoms with Crippen molar-refractivity contribution in [2.45, 2.75) is 25.4 Å². The Morgan fingerprint density at radius 3 is 2.90 bits per heavy atom. The third-order valence-corrected chi connectivity index (χ3v) is 2.07. The molecule has 1 aliphatic heterocycles. The average Bonchev–Trinajstić information content (AvgIpc) is 2.70. The van der Waals surface area contributed by atoms with Gasteiger partial charge < -0.3 is 10.6 Å². The van der Waals surface area contributed by atoms with Crippen LogP contribution < -0.4 is 5.73 Å². The lowest BCUT2D eigenvalue weighted by Gasteiger charge is -2.01. The van der Waals surface area contributed by atoms with Gasteiger partial charge in [0.25, 0.3) is 0 Å². The summed E-state index contributed by atoms with van der Waals surface area (Å²) in [7, 11) is 0. The molecule has 1 heterocycles. The Kier molecular flexibility index (Phi) is 1.38. The van der Waals surface area contributed by atoms with Gasteiger partial charge in [0.05, 0.1) is 5.71 Å². The van der Waals surface area contributed by atoms with Crippen molar-refractivity contribution >= 4 is 5.71 Å². The molecule has 0 aromatic heterocycles. The molecule has 1 fully saturated rings. The standard InChI is InChI=1S/C7H12N2O/c8-4-6-3-7(9-10-6)5-1-2-5/h5-6H,1-4,8H2. The normalized spacial score (nSPS) is 31.7. The van der Waals surface area contributed by atoms with Crippen molar-refractivity contribution < 1.29 is 4.84 Å². The van der Waals surface area contributed by atoms with Gasteiger partial charge in [0.2, 0.25) is 0 Å². The predicted molar refractivity (Wildman–Crippen MR) is 38.7 cm³/mol. The summed E-state index contributed by atoms with van der Waals surface area (Å²) < 4.78 is 0. The number of nitrogens with two attached hydrogens (primary N) is 1. The van der Waals surface area contributed by atoms with Crippen LogP contribution >= 0.6 is 0 Å². The Bertz CT molecular complexity index is 163. The zero-order valence-corrected chi connectivity index (χ0v) is 5.92. The molecule has 3 nitrogen and oxygen atoms in total. The third kappa shape index (κ3) is 1.01. The molecule has 10 heavy (non-hydrogen) atoms. The quantitative estimate of drug-likeness (QED) is 0.607. The third-order valence-electron chi connectivity index (χ3n) is 2.07. The van der Waals surface area contributed by atoms with Crippen LogP contribution in [0.15, 0.2) is 5.16 Å². The number of hydrogen-bond acceptors (Lipinski definition) is 3. The topological polar surface area (TPSA) is 47.6 Å². The molecule has 1 atom stereocenters. The van der Waals surface area contributed by atoms with Gasteiger partial charge in [0.15, 0.2) is 0 Å². The van der Waals surface area contributed by atoms with E-state index < -0.39 is 0 Å². The van der Waals surface area contributed by atoms with Gasteiger partial charge in [-0.1, -0.05) is 5.16 Å². The van der Waals surface area contributed by atoms with Gasteiger partial charge in [-0.05, 0) is 12.8 Å². The van der Waals surface area contributed by atoms with Gasteiger partial charge in [-0.3, -0.25) is 0 Å². The summed E-state index contributed by atoms with van der Waals surface area (Å²) in [4.78, 5) is 5.08. The van der Waals surface area contributed by atoms with E-state index in [0.29, 0.717) is 6.54 Å². The van der Waals surface area contributed by atoms with Crippen LogP contribution in [0.3, 0.4) is 0 Å². The molecule has 0 saturated heterocycles. The lowest BCUT2D eigenvalue weighted by atomic mass is 10.1. The molecule has 0 aromatic carbocycles. The van der Waals surface area contributed by atoms with E-state index in [2.05, 4.69) is 5.16 Å². The Hall–Kier alpha value is -0.570. The number of hydrogen-bond donors (Lipinski definition) is 1. The number of nitrogens with zero attached hydrogens (tertiary/aromatic N) is 1. The van der Waals surface area contributed by atoms with E-state index >= 15 is 0 Å². The summed E-state index contributed by atoms with van der Waals surface area (Å²) in [6.07, 6.45) is 3.76. The molecule has 0 aromatic rings. The Balaban J connectivity index is 1.89. The summed E-state index contributed by atoms with van der Waals surface area (Å²) in [6.45, 7) is 0.597. The summed E-state index contributed by atoms with van der Waals surface area (Å²) in [5.41, 5.74) is 6.66. The second kappa shape index (κ2) is 2.23. The molecule has 2 aliphatic rings. The first kappa shape index (κ1) is 6.16. The van der Waals surface area contributed by atoms with Crippen LogP contribution in [0.2, 0.25) is 0 Å². The fourth-order valence-electron chi connectivity index (χ4n) is 1.23. The van der Waals surface area contributed by atoms with Crippen molar-refractivity contribution in [3.8, 4) is 0 Å². The maximum absolute atomic E-state index is 5.42. The van der Waals surface area contributed by atoms with E-state index in [1.54, 1.807) is 0 Å². The molecular weight excluding hydrogens is 128 g/mol. The first-order chi connectivity index (χ1) is 4.90. The van der Waals surface area contributed by atoms with Gasteiger partial charge in [-0.15, -0.1) is 0 Å². The van der Waals surface area contributed by atoms with Crippen molar-refractivity contribution in [2.24, 2.45) is 16.8 Å². The minimum atomic E-state index is 0.176. The van der Waals surface area contributed by atoms with E-state index in [9.17, 15) is 0 Å². The van der Waals surface area contributed by atoms with Crippen LogP contribution in [-0.4, -0.2) is 18.4 Å². The molecular formula is C7H12N2O. The first-order valence-corrected chi connectivity index (χ1v) is 3.83. The molecule has 2 N–H and O–H groups in total. The zero-order chi connectivity index (χ0) is 6.97. The Morgan fingerprint density at radius 2 is 2.40 bits per heavy atom. The fourth-order valence-corrected chi connectivity index (χ4v) is 1.23. The molecule has 0 spiro atoms. The van der Waals surface area contributed by atoms with Gasteiger partial charge in [-0.25, -0.2) is 0 Å². The molecule has 1 unspecified atom stereocenters. The molecule has 56 valence electrons. The van der Waals surface area contributed by atoms with Crippen LogP contribution in [0, 0.1) is 5.92 Å². The summed E-state index contributed by atoms with van der Waals surface area (Å²) >= 11 is 0. The maximum Gasteiger partial charge on any atom is 0.145 e. The summed E-state index contributed by atoms with van der Waals surface area (Å²) in [5.74, 6) is 0.747. The molecule has 0 amide bonds. The van der Waals surface area contributed by atoms with E-state index in [1.807, 2.05) is 0 Å². The van der Waals surface area contributed by atoms with Crippen LogP contribution in [0.5, 0.6) is 0 Å². The lowest BCUT2D eigenvalue weighted by Crippen LogP contribution is -2.20. The largest absolute Gasteiger partial charge is 0.391 e. The second-order valence-electron chi connectivity index (χ2n) is 3.02. The van der Waals surface area contributed by atoms with Crippen LogP contribution in [-0.2, 0) is 4.84 Å². The first-order valence-electron chi connectivity index (χ1n) is 3.83. The van der Waals surface area contributed by atoms with E-state index in [-0.39, 0.29) is 6.10 Å². The number of rotatable bonds is 2. The monoisotopic (exact) mass is 140 g/mol. The van der Waals surface area contributed by atoms with Gasteiger partial charge in [-0.2, -0.15) is 0 Å². The Morgan fingerprint density at radius 1 is 1.60 bits per heavy atom. The second-order valence-corrected chi connectivity index (χ2v) is 3.02. The highest BCUT2D eigenvalue weighted by Gasteiger charge is 2.33. The number of oxime groups is 1. The van der Waals surface area contributed by atoms with Crippen molar-refractivity contribution in [1.29, 1.82) is 0 Å². The highest BCUT2D eigenvalue weighted by atomic mass is 16.6. The Labute approximate surface area is 60.2 Å². The minimum Gasteiger partial charge on any atom is -0.391 e. The molecule has 3 heteroatoms. The van der Waals surface area contributed by atoms with Crippen LogP contribution in [0.4, 0.5) is 0 Å². The summed E-state index contributed by atoms with van der Waals surface area (Å²) in [5, 5.41) is 3.99. The predicted octanol–water partition coefficient (Wildman–Crippen LogP) is 0.500. The highest BCUT2D eigenvalue weighted by molar-refractivity contribution is 5.89. The van der Waals surface area contributed by atoms with Gasteiger partial charge in [0.1, 0.15) is 6.10 Å². The van der Waals surface area contributed by atoms with E-state index in [1.165, 1.54) is 18.6 Å². The molecule has 2 rings (SSSR count). The smallest absolute Gasteiger partial charge is 0.145 e. The van der Waals surface area contributed by atoms with Gasteiger partial charge >= 0.3 is 0 Å². The van der Waals surface area contributed by atoms with Crippen molar-refractivity contribution in [2.75, 3.05) is 6.54 Å². The molecule has 1 aliphatic carbocycles. The highest BCUT2D eigenvalue weighted by Crippen LogP contribution is 2.34. The molecule has 0 radical (unpaired) electrons. The van der Waals surface area contributed by atoms with Gasteiger partial charge in [0, 0.05) is 18.9 Å². The molecule has 0 bridgehead atoms. The SMILES string of the molecule is NCC1CC(C2CC2)=NO1. The fraction of sp³-hybridized carbons (Fsp3) is 0.857.